The van der Waals surface area contributed by atoms with Crippen LogP contribution in [0.1, 0.15) is 81.9 Å². The van der Waals surface area contributed by atoms with E-state index in [1.165, 1.54) is 19.2 Å². The van der Waals surface area contributed by atoms with E-state index in [9.17, 15) is 32.4 Å². The van der Waals surface area contributed by atoms with E-state index < -0.39 is 81.1 Å². The molecular weight excluding hydrogens is 869 g/mol. The number of anilines is 2. The number of rotatable bonds is 14. The lowest BCUT2D eigenvalue weighted by molar-refractivity contribution is -0.218. The van der Waals surface area contributed by atoms with Gasteiger partial charge in [0.2, 0.25) is 0 Å². The Hall–Kier alpha value is -5.85. The van der Waals surface area contributed by atoms with Gasteiger partial charge in [-0.25, -0.2) is 24.4 Å². The van der Waals surface area contributed by atoms with Crippen LogP contribution in [0.2, 0.25) is 0 Å². The number of hydrogen-bond donors (Lipinski definition) is 4. The van der Waals surface area contributed by atoms with E-state index in [1.807, 2.05) is 26.8 Å². The summed E-state index contributed by atoms with van der Waals surface area (Å²) in [5.41, 5.74) is -4.03. The Labute approximate surface area is 367 Å². The van der Waals surface area contributed by atoms with E-state index in [2.05, 4.69) is 35.4 Å². The Morgan fingerprint density at radius 1 is 0.952 bits per heavy atom. The summed E-state index contributed by atoms with van der Waals surface area (Å²) in [4.78, 5) is 81.2. The third kappa shape index (κ3) is 13.3. The molecule has 22 nitrogen and oxygen atoms in total. The van der Waals surface area contributed by atoms with Gasteiger partial charge in [0, 0.05) is 23.9 Å². The number of β-lactam (4-membered cyclic amide) rings is 1. The van der Waals surface area contributed by atoms with E-state index in [4.69, 9.17) is 28.3 Å². The lowest BCUT2D eigenvalue weighted by Gasteiger charge is -2.50. The van der Waals surface area contributed by atoms with Gasteiger partial charge in [-0.05, 0) is 106 Å². The summed E-state index contributed by atoms with van der Waals surface area (Å²) in [6, 6.07) is 7.21. The van der Waals surface area contributed by atoms with Crippen molar-refractivity contribution in [1.29, 1.82) is 0 Å². The zero-order valence-electron chi connectivity index (χ0n) is 36.6. The molecule has 2 saturated heterocycles. The maximum absolute atomic E-state index is 13.9. The number of carbonyl (C=O) groups excluding carboxylic acids is 5. The van der Waals surface area contributed by atoms with Gasteiger partial charge in [-0.15, -0.1) is 15.6 Å². The number of pyridine rings is 1. The fourth-order valence-corrected chi connectivity index (χ4v) is 6.92. The van der Waals surface area contributed by atoms with Crippen LogP contribution < -0.4 is 20.7 Å². The molecule has 2 aliphatic heterocycles. The second-order valence-electron chi connectivity index (χ2n) is 18.0. The number of fused-ring (bicyclic) bond motifs is 1. The van der Waals surface area contributed by atoms with Crippen LogP contribution in [-0.4, -0.2) is 129 Å². The first kappa shape index (κ1) is 48.2. The van der Waals surface area contributed by atoms with E-state index in [-0.39, 0.29) is 23.0 Å². The number of nitrogens with zero attached hydrogens (tertiary/aromatic N) is 5. The highest BCUT2D eigenvalue weighted by Gasteiger charge is 2.58. The van der Waals surface area contributed by atoms with Gasteiger partial charge in [0.05, 0.1) is 17.1 Å². The predicted octanol–water partition coefficient (Wildman–Crippen LogP) is 4.42. The van der Waals surface area contributed by atoms with Crippen LogP contribution in [0.15, 0.2) is 40.9 Å². The second kappa shape index (κ2) is 18.1. The van der Waals surface area contributed by atoms with Gasteiger partial charge in [-0.1, -0.05) is 5.16 Å². The minimum absolute atomic E-state index is 0.0128. The molecule has 63 heavy (non-hydrogen) atoms. The molecule has 2 atom stereocenters. The van der Waals surface area contributed by atoms with Crippen molar-refractivity contribution in [3.05, 3.63) is 41.4 Å². The summed E-state index contributed by atoms with van der Waals surface area (Å²) >= 11 is 0.889. The number of hydrogen-bond acceptors (Lipinski definition) is 18. The standard InChI is InChI=1S/C39H52N8O14S2/c1-36(2,3)57-32(50)26(19-56-23-13-14-24-21(16-23)12-15-27(41-24)40-22-17-46(18-22)35(52)59-38(7,8)9)60-45-28(25-20-62-33(42-25)44-34(51)58-37(4,5)6)30(48)43-29-31(49)47(39(29,10)11)61-63(53,54)55/h12-16,20,22,26,29H,17-19H2,1-11H3,(H,40,41)(H,43,48)(H,42,44,51)(H,53,54,55)/b45-28-/t26-,29+/m0/s1. The first-order valence-electron chi connectivity index (χ1n) is 19.5. The average molecular weight is 921 g/mol. The fourth-order valence-electron chi connectivity index (χ4n) is 5.78. The molecular formula is C39H52N8O14S2. The largest absolute Gasteiger partial charge is 0.489 e. The molecule has 4 amide bonds. The normalized spacial score (nSPS) is 17.5. The molecule has 2 aromatic heterocycles. The summed E-state index contributed by atoms with van der Waals surface area (Å²) in [6.45, 7) is 18.5. The van der Waals surface area contributed by atoms with Gasteiger partial charge >= 0.3 is 28.6 Å². The highest BCUT2D eigenvalue weighted by molar-refractivity contribution is 7.80. The van der Waals surface area contributed by atoms with E-state index in [0.29, 0.717) is 40.6 Å². The van der Waals surface area contributed by atoms with Crippen molar-refractivity contribution in [2.75, 3.05) is 30.3 Å². The predicted molar refractivity (Wildman–Crippen MR) is 227 cm³/mol. The number of likely N-dealkylation sites (tertiary alicyclic amines) is 1. The fraction of sp³-hybridized carbons (Fsp3) is 0.538. The Balaban J connectivity index is 1.34. The van der Waals surface area contributed by atoms with Crippen LogP contribution in [0.25, 0.3) is 10.9 Å². The van der Waals surface area contributed by atoms with E-state index >= 15 is 0 Å². The molecule has 0 spiro atoms. The van der Waals surface area contributed by atoms with E-state index in [1.54, 1.807) is 70.7 Å². The Morgan fingerprint density at radius 2 is 1.60 bits per heavy atom. The molecule has 4 heterocycles. The number of carbonyl (C=O) groups is 5. The average Bonchev–Trinajstić information content (AvgIpc) is 3.56. The molecule has 3 aromatic rings. The maximum Gasteiger partial charge on any atom is 0.418 e. The van der Waals surface area contributed by atoms with Crippen molar-refractivity contribution in [2.24, 2.45) is 5.16 Å². The maximum atomic E-state index is 13.9. The summed E-state index contributed by atoms with van der Waals surface area (Å²) in [7, 11) is -5.09. The third-order valence-corrected chi connectivity index (χ3v) is 9.67. The number of esters is 1. The molecule has 0 bridgehead atoms. The molecule has 5 rings (SSSR count). The molecule has 1 aromatic carbocycles. The van der Waals surface area contributed by atoms with Crippen LogP contribution in [-0.2, 0) is 48.1 Å². The van der Waals surface area contributed by atoms with E-state index in [0.717, 1.165) is 11.3 Å². The summed E-state index contributed by atoms with van der Waals surface area (Å²) in [6.07, 6.45) is -2.81. The van der Waals surface area contributed by atoms with Gasteiger partial charge in [0.1, 0.15) is 46.7 Å². The minimum atomic E-state index is -5.09. The van der Waals surface area contributed by atoms with Gasteiger partial charge < -0.3 is 39.3 Å². The van der Waals surface area contributed by atoms with Crippen molar-refractivity contribution in [3.63, 3.8) is 0 Å². The van der Waals surface area contributed by atoms with Crippen molar-refractivity contribution in [1.82, 2.24) is 25.2 Å². The number of nitrogens with one attached hydrogen (secondary N) is 3. The molecule has 4 N–H and O–H groups in total. The molecule has 24 heteroatoms. The van der Waals surface area contributed by atoms with Gasteiger partial charge in [0.15, 0.2) is 10.8 Å². The van der Waals surface area contributed by atoms with Crippen LogP contribution in [0.5, 0.6) is 5.75 Å². The highest BCUT2D eigenvalue weighted by Crippen LogP contribution is 2.33. The van der Waals surface area contributed by atoms with Crippen molar-refractivity contribution >= 4 is 79.3 Å². The summed E-state index contributed by atoms with van der Waals surface area (Å²) in [5.74, 6) is -2.09. The van der Waals surface area contributed by atoms with Crippen LogP contribution in [0, 0.1) is 0 Å². The van der Waals surface area contributed by atoms with Crippen LogP contribution in [0.4, 0.5) is 20.5 Å². The Kier molecular flexibility index (Phi) is 13.8. The molecule has 0 unspecified atom stereocenters. The van der Waals surface area contributed by atoms with Crippen molar-refractivity contribution in [2.45, 2.75) is 117 Å². The van der Waals surface area contributed by atoms with Crippen molar-refractivity contribution in [3.8, 4) is 5.75 Å². The second-order valence-corrected chi connectivity index (χ2v) is 19.9. The topological polar surface area (TPSA) is 276 Å². The number of benzene rings is 1. The molecule has 344 valence electrons. The Bertz CT molecular complexity index is 2380. The number of oxime groups is 1. The molecule has 2 fully saturated rings. The number of thiazole rings is 1. The van der Waals surface area contributed by atoms with Gasteiger partial charge in [-0.2, -0.15) is 13.5 Å². The number of aromatic nitrogens is 2. The molecule has 0 aliphatic carbocycles. The zero-order chi connectivity index (χ0) is 46.9. The smallest absolute Gasteiger partial charge is 0.418 e. The zero-order valence-corrected chi connectivity index (χ0v) is 38.3. The third-order valence-electron chi connectivity index (χ3n) is 8.58. The quantitative estimate of drug-likeness (QED) is 0.0435. The van der Waals surface area contributed by atoms with Crippen LogP contribution in [0.3, 0.4) is 0 Å². The lowest BCUT2D eigenvalue weighted by atomic mass is 9.84. The molecule has 0 radical (unpaired) electrons. The minimum Gasteiger partial charge on any atom is -0.489 e. The van der Waals surface area contributed by atoms with Crippen LogP contribution >= 0.6 is 11.3 Å². The lowest BCUT2D eigenvalue weighted by Crippen LogP contribution is -2.76. The number of amides is 4. The van der Waals surface area contributed by atoms with Crippen molar-refractivity contribution < 1.29 is 65.0 Å². The number of hydroxylamine groups is 2. The Morgan fingerprint density at radius 3 is 2.21 bits per heavy atom. The first-order valence-corrected chi connectivity index (χ1v) is 21.7. The van der Waals surface area contributed by atoms with Gasteiger partial charge in [-0.3, -0.25) is 19.5 Å². The SMILES string of the molecule is CC(C)(C)OC(=O)Nc1nc(/C(=N/O[C@@H](COc2ccc3nc(NC4CN(C(=O)OC(C)(C)C)C4)ccc3c2)C(=O)OC(C)(C)C)C(=O)N[C@@H]2C(=O)N(OS(=O)(=O)O)C2(C)C)cs1. The summed E-state index contributed by atoms with van der Waals surface area (Å²) in [5, 5.41) is 14.6. The van der Waals surface area contributed by atoms with Gasteiger partial charge in [0.25, 0.3) is 17.9 Å². The highest BCUT2D eigenvalue weighted by atomic mass is 32.3. The number of ether oxygens (including phenoxy) is 4. The first-order chi connectivity index (χ1) is 29.0. The molecule has 0 saturated carbocycles. The monoisotopic (exact) mass is 920 g/mol. The molecule has 2 aliphatic rings. The summed E-state index contributed by atoms with van der Waals surface area (Å²) < 4.78 is 58.4.